The number of nitrogens with one attached hydrogen (secondary N) is 1. The van der Waals surface area contributed by atoms with Gasteiger partial charge in [0.2, 0.25) is 5.91 Å². The number of carbonyl (C=O) groups excluding carboxylic acids is 2. The summed E-state index contributed by atoms with van der Waals surface area (Å²) in [6.07, 6.45) is -2.08. The second-order valence-corrected chi connectivity index (χ2v) is 6.52. The van der Waals surface area contributed by atoms with Gasteiger partial charge in [-0.15, -0.1) is 11.3 Å². The maximum absolute atomic E-state index is 12.7. The Balaban J connectivity index is 2.17. The first-order valence-electron chi connectivity index (χ1n) is 7.15. The summed E-state index contributed by atoms with van der Waals surface area (Å²) in [5, 5.41) is 2.86. The van der Waals surface area contributed by atoms with Crippen LogP contribution in [0, 0.1) is 13.8 Å². The number of anilines is 1. The number of rotatable bonds is 4. The van der Waals surface area contributed by atoms with Crippen LogP contribution < -0.4 is 11.1 Å². The lowest BCUT2D eigenvalue weighted by molar-refractivity contribution is -0.137. The first-order valence-corrected chi connectivity index (χ1v) is 7.97. The molecule has 2 rings (SSSR count). The molecule has 8 heteroatoms. The molecule has 4 nitrogen and oxygen atoms in total. The average Bonchev–Trinajstić information content (AvgIpc) is 2.79. The Morgan fingerprint density at radius 2 is 1.92 bits per heavy atom. The van der Waals surface area contributed by atoms with Crippen molar-refractivity contribution in [1.82, 2.24) is 0 Å². The molecule has 0 aliphatic rings. The van der Waals surface area contributed by atoms with Gasteiger partial charge in [-0.1, -0.05) is 12.1 Å². The average molecular weight is 368 g/mol. The zero-order chi connectivity index (χ0) is 18.8. The van der Waals surface area contributed by atoms with Crippen molar-refractivity contribution in [3.63, 3.8) is 0 Å². The van der Waals surface area contributed by atoms with E-state index in [-0.39, 0.29) is 11.1 Å². The van der Waals surface area contributed by atoms with Crippen molar-refractivity contribution < 1.29 is 22.8 Å². The van der Waals surface area contributed by atoms with Crippen molar-refractivity contribution in [2.24, 2.45) is 5.73 Å². The van der Waals surface area contributed by atoms with Crippen LogP contribution in [0.15, 0.2) is 30.3 Å². The molecular weight excluding hydrogens is 353 g/mol. The van der Waals surface area contributed by atoms with E-state index in [9.17, 15) is 22.8 Å². The highest BCUT2D eigenvalue weighted by molar-refractivity contribution is 7.16. The molecule has 1 aromatic carbocycles. The monoisotopic (exact) mass is 368 g/mol. The summed E-state index contributed by atoms with van der Waals surface area (Å²) in [4.78, 5) is 24.3. The van der Waals surface area contributed by atoms with Gasteiger partial charge in [-0.05, 0) is 43.2 Å². The molecule has 0 radical (unpaired) electrons. The fourth-order valence-electron chi connectivity index (χ4n) is 2.16. The van der Waals surface area contributed by atoms with Gasteiger partial charge < -0.3 is 11.1 Å². The molecule has 0 atom stereocenters. The van der Waals surface area contributed by atoms with E-state index in [2.05, 4.69) is 5.32 Å². The van der Waals surface area contributed by atoms with Gasteiger partial charge in [-0.25, -0.2) is 0 Å². The van der Waals surface area contributed by atoms with Crippen LogP contribution in [-0.2, 0) is 11.0 Å². The molecule has 0 spiro atoms. The molecule has 0 saturated heterocycles. The minimum Gasteiger partial charge on any atom is -0.365 e. The van der Waals surface area contributed by atoms with Crippen LogP contribution in [0.2, 0.25) is 0 Å². The van der Waals surface area contributed by atoms with Crippen LogP contribution in [0.1, 0.15) is 31.9 Å². The maximum Gasteiger partial charge on any atom is 0.416 e. The predicted molar refractivity (Wildman–Crippen MR) is 91.4 cm³/mol. The number of primary amides is 1. The Morgan fingerprint density at radius 1 is 1.24 bits per heavy atom. The fraction of sp³-hybridized carbons (Fsp3) is 0.176. The highest BCUT2D eigenvalue weighted by Gasteiger charge is 2.30. The highest BCUT2D eigenvalue weighted by atomic mass is 32.1. The molecule has 0 aliphatic heterocycles. The van der Waals surface area contributed by atoms with Gasteiger partial charge >= 0.3 is 6.18 Å². The van der Waals surface area contributed by atoms with E-state index in [1.807, 2.05) is 0 Å². The number of aryl methyl sites for hydroxylation is 1. The number of thiophene rings is 1. The van der Waals surface area contributed by atoms with E-state index in [4.69, 9.17) is 5.73 Å². The number of hydrogen-bond acceptors (Lipinski definition) is 3. The Labute approximate surface area is 146 Å². The zero-order valence-corrected chi connectivity index (χ0v) is 14.2. The molecule has 1 heterocycles. The lowest BCUT2D eigenvalue weighted by Crippen LogP contribution is -2.16. The number of halogens is 3. The number of benzene rings is 1. The molecule has 1 aromatic heterocycles. The minimum absolute atomic E-state index is 0.235. The Kier molecular flexibility index (Phi) is 5.32. The lowest BCUT2D eigenvalue weighted by atomic mass is 10.1. The third kappa shape index (κ3) is 4.48. The van der Waals surface area contributed by atoms with Crippen LogP contribution in [0.5, 0.6) is 0 Å². The SMILES string of the molecule is Cc1sc(NC(=O)/C=C/c2cccc(C(F)(F)F)c2)c(C(N)=O)c1C. The van der Waals surface area contributed by atoms with Gasteiger partial charge in [-0.3, -0.25) is 9.59 Å². The molecule has 0 aliphatic carbocycles. The van der Waals surface area contributed by atoms with Crippen molar-refractivity contribution in [3.05, 3.63) is 57.5 Å². The molecule has 132 valence electrons. The van der Waals surface area contributed by atoms with Crippen molar-refractivity contribution >= 4 is 34.2 Å². The van der Waals surface area contributed by atoms with Crippen LogP contribution >= 0.6 is 11.3 Å². The normalized spacial score (nSPS) is 11.7. The largest absolute Gasteiger partial charge is 0.416 e. The van der Waals surface area contributed by atoms with Gasteiger partial charge in [0.15, 0.2) is 0 Å². The molecular formula is C17H15F3N2O2S. The summed E-state index contributed by atoms with van der Waals surface area (Å²) >= 11 is 1.21. The summed E-state index contributed by atoms with van der Waals surface area (Å²) in [6.45, 7) is 3.51. The van der Waals surface area contributed by atoms with Gasteiger partial charge in [0.25, 0.3) is 5.91 Å². The number of alkyl halides is 3. The van der Waals surface area contributed by atoms with E-state index >= 15 is 0 Å². The van der Waals surface area contributed by atoms with Crippen molar-refractivity contribution in [3.8, 4) is 0 Å². The molecule has 2 aromatic rings. The molecule has 0 unspecified atom stereocenters. The summed E-state index contributed by atoms with van der Waals surface area (Å²) in [6, 6.07) is 4.61. The lowest BCUT2D eigenvalue weighted by Gasteiger charge is -2.06. The van der Waals surface area contributed by atoms with Gasteiger partial charge in [0, 0.05) is 11.0 Å². The Bertz CT molecular complexity index is 854. The van der Waals surface area contributed by atoms with Crippen LogP contribution in [0.4, 0.5) is 18.2 Å². The van der Waals surface area contributed by atoms with Crippen LogP contribution in [0.25, 0.3) is 6.08 Å². The number of carbonyl (C=O) groups is 2. The first kappa shape index (κ1) is 18.7. The van der Waals surface area contributed by atoms with Crippen molar-refractivity contribution in [2.45, 2.75) is 20.0 Å². The minimum atomic E-state index is -4.45. The smallest absolute Gasteiger partial charge is 0.365 e. The van der Waals surface area contributed by atoms with E-state index in [1.54, 1.807) is 13.8 Å². The van der Waals surface area contributed by atoms with Crippen LogP contribution in [-0.4, -0.2) is 11.8 Å². The Hall–Kier alpha value is -2.61. The second kappa shape index (κ2) is 7.10. The summed E-state index contributed by atoms with van der Waals surface area (Å²) in [7, 11) is 0. The van der Waals surface area contributed by atoms with Crippen molar-refractivity contribution in [1.29, 1.82) is 0 Å². The Morgan fingerprint density at radius 3 is 2.52 bits per heavy atom. The summed E-state index contributed by atoms with van der Waals surface area (Å²) < 4.78 is 38.0. The second-order valence-electron chi connectivity index (χ2n) is 5.30. The maximum atomic E-state index is 12.7. The molecule has 0 bridgehead atoms. The quantitative estimate of drug-likeness (QED) is 0.797. The highest BCUT2D eigenvalue weighted by Crippen LogP contribution is 2.32. The fourth-order valence-corrected chi connectivity index (χ4v) is 3.22. The standard InChI is InChI=1S/C17H15F3N2O2S/c1-9-10(2)25-16(14(9)15(21)24)22-13(23)7-6-11-4-3-5-12(8-11)17(18,19)20/h3-8H,1-2H3,(H2,21,24)(H,22,23)/b7-6+. The van der Waals surface area contributed by atoms with Gasteiger partial charge in [0.1, 0.15) is 5.00 Å². The predicted octanol–water partition coefficient (Wildman–Crippen LogP) is 4.13. The molecule has 0 fully saturated rings. The summed E-state index contributed by atoms with van der Waals surface area (Å²) in [5.74, 6) is -1.22. The molecule has 3 N–H and O–H groups in total. The zero-order valence-electron chi connectivity index (χ0n) is 13.4. The molecule has 25 heavy (non-hydrogen) atoms. The van der Waals surface area contributed by atoms with Gasteiger partial charge in [0.05, 0.1) is 11.1 Å². The topological polar surface area (TPSA) is 72.2 Å². The molecule has 0 saturated carbocycles. The molecule has 2 amide bonds. The number of amides is 2. The van der Waals surface area contributed by atoms with E-state index in [0.29, 0.717) is 10.6 Å². The van der Waals surface area contributed by atoms with Gasteiger partial charge in [-0.2, -0.15) is 13.2 Å². The third-order valence-corrected chi connectivity index (χ3v) is 4.63. The first-order chi connectivity index (χ1) is 11.6. The summed E-state index contributed by atoms with van der Waals surface area (Å²) in [5.41, 5.74) is 5.69. The van der Waals surface area contributed by atoms with E-state index in [0.717, 1.165) is 23.1 Å². The number of hydrogen-bond donors (Lipinski definition) is 2. The third-order valence-electron chi connectivity index (χ3n) is 3.51. The van der Waals surface area contributed by atoms with E-state index < -0.39 is 23.6 Å². The van der Waals surface area contributed by atoms with Crippen molar-refractivity contribution in [2.75, 3.05) is 5.32 Å². The number of nitrogens with two attached hydrogens (primary N) is 1. The van der Waals surface area contributed by atoms with E-state index in [1.165, 1.54) is 29.5 Å². The van der Waals surface area contributed by atoms with Crippen LogP contribution in [0.3, 0.4) is 0 Å².